The van der Waals surface area contributed by atoms with Gasteiger partial charge in [-0.05, 0) is 18.6 Å². The van der Waals surface area contributed by atoms with Crippen LogP contribution in [-0.4, -0.2) is 29.6 Å². The van der Waals surface area contributed by atoms with Crippen LogP contribution in [0.3, 0.4) is 0 Å². The summed E-state index contributed by atoms with van der Waals surface area (Å²) in [4.78, 5) is 28.9. The SMILES string of the molecule is CCCn1c(=NC(=O)c2cc3cc([N+](=O)[O-])ccc3s2)sc2cc(OC)c(OC)cc21. The Bertz CT molecular complexity index is 1380. The van der Waals surface area contributed by atoms with Gasteiger partial charge >= 0.3 is 0 Å². The molecule has 0 unspecified atom stereocenters. The number of methoxy groups -OCH3 is 2. The number of carbonyl (C=O) groups is 1. The summed E-state index contributed by atoms with van der Waals surface area (Å²) in [5.74, 6) is 0.852. The number of benzene rings is 2. The molecule has 0 N–H and O–H groups in total. The summed E-state index contributed by atoms with van der Waals surface area (Å²) in [7, 11) is 3.17. The van der Waals surface area contributed by atoms with E-state index in [1.807, 2.05) is 16.7 Å². The number of nitrogens with zero attached hydrogens (tertiary/aromatic N) is 3. The Morgan fingerprint density at radius 1 is 1.10 bits per heavy atom. The maximum absolute atomic E-state index is 12.9. The van der Waals surface area contributed by atoms with Crippen molar-refractivity contribution in [3.05, 3.63) is 56.2 Å². The zero-order valence-corrected chi connectivity index (χ0v) is 18.7. The van der Waals surface area contributed by atoms with E-state index in [0.717, 1.165) is 21.3 Å². The number of non-ortho nitro benzene ring substituents is 1. The molecule has 0 atom stereocenters. The summed E-state index contributed by atoms with van der Waals surface area (Å²) in [6, 6.07) is 9.99. The average Bonchev–Trinajstić information content (AvgIpc) is 3.33. The Hall–Kier alpha value is -3.24. The van der Waals surface area contributed by atoms with E-state index in [0.29, 0.717) is 33.1 Å². The van der Waals surface area contributed by atoms with E-state index in [4.69, 9.17) is 9.47 Å². The van der Waals surface area contributed by atoms with Gasteiger partial charge in [0.2, 0.25) is 0 Å². The molecule has 0 radical (unpaired) electrons. The van der Waals surface area contributed by atoms with E-state index in [1.165, 1.54) is 34.8 Å². The van der Waals surface area contributed by atoms with Gasteiger partial charge < -0.3 is 14.0 Å². The molecule has 0 saturated heterocycles. The van der Waals surface area contributed by atoms with Gasteiger partial charge in [-0.1, -0.05) is 18.3 Å². The number of thiazole rings is 1. The predicted octanol–water partition coefficient (Wildman–Crippen LogP) is 4.99. The first-order valence-corrected chi connectivity index (χ1v) is 11.1. The number of amides is 1. The third kappa shape index (κ3) is 3.91. The van der Waals surface area contributed by atoms with Crippen LogP contribution in [0.1, 0.15) is 23.0 Å². The quantitative estimate of drug-likeness (QED) is 0.300. The molecule has 0 aliphatic rings. The first-order valence-electron chi connectivity index (χ1n) is 9.47. The lowest BCUT2D eigenvalue weighted by Crippen LogP contribution is -2.16. The van der Waals surface area contributed by atoms with Crippen LogP contribution < -0.4 is 14.3 Å². The Labute approximate surface area is 185 Å². The first kappa shape index (κ1) is 21.0. The Balaban J connectivity index is 1.82. The number of nitro groups is 1. The van der Waals surface area contributed by atoms with Crippen molar-refractivity contribution in [2.75, 3.05) is 14.2 Å². The molecule has 0 aliphatic carbocycles. The van der Waals surface area contributed by atoms with Gasteiger partial charge in [-0.2, -0.15) is 4.99 Å². The van der Waals surface area contributed by atoms with Crippen molar-refractivity contribution in [3.63, 3.8) is 0 Å². The summed E-state index contributed by atoms with van der Waals surface area (Å²) >= 11 is 2.68. The minimum atomic E-state index is -0.448. The van der Waals surface area contributed by atoms with Crippen molar-refractivity contribution >= 4 is 54.6 Å². The van der Waals surface area contributed by atoms with E-state index >= 15 is 0 Å². The Morgan fingerprint density at radius 3 is 2.52 bits per heavy atom. The molecule has 0 aliphatic heterocycles. The lowest BCUT2D eigenvalue weighted by molar-refractivity contribution is -0.384. The summed E-state index contributed by atoms with van der Waals surface area (Å²) < 4.78 is 14.5. The third-order valence-corrected chi connectivity index (χ3v) is 6.90. The van der Waals surface area contributed by atoms with Crippen molar-refractivity contribution < 1.29 is 19.2 Å². The fourth-order valence-corrected chi connectivity index (χ4v) is 5.31. The summed E-state index contributed by atoms with van der Waals surface area (Å²) in [6.45, 7) is 2.75. The molecule has 2 heterocycles. The topological polar surface area (TPSA) is 96.0 Å². The highest BCUT2D eigenvalue weighted by Gasteiger charge is 2.16. The van der Waals surface area contributed by atoms with Gasteiger partial charge in [0, 0.05) is 40.9 Å². The second-order valence-electron chi connectivity index (χ2n) is 6.72. The largest absolute Gasteiger partial charge is 0.493 e. The van der Waals surface area contributed by atoms with E-state index in [2.05, 4.69) is 11.9 Å². The van der Waals surface area contributed by atoms with Crippen LogP contribution in [0.4, 0.5) is 5.69 Å². The molecular formula is C21H19N3O5S2. The van der Waals surface area contributed by atoms with Gasteiger partial charge in [0.15, 0.2) is 16.3 Å². The predicted molar refractivity (Wildman–Crippen MR) is 122 cm³/mol. The fourth-order valence-electron chi connectivity index (χ4n) is 3.31. The smallest absolute Gasteiger partial charge is 0.289 e. The normalized spacial score (nSPS) is 11.9. The number of nitro benzene ring substituents is 1. The summed E-state index contributed by atoms with van der Waals surface area (Å²) in [6.07, 6.45) is 0.869. The molecule has 2 aromatic heterocycles. The van der Waals surface area contributed by atoms with Gasteiger partial charge in [-0.15, -0.1) is 11.3 Å². The zero-order valence-electron chi connectivity index (χ0n) is 17.1. The lowest BCUT2D eigenvalue weighted by atomic mass is 10.2. The second-order valence-corrected chi connectivity index (χ2v) is 8.81. The van der Waals surface area contributed by atoms with Gasteiger partial charge in [-0.3, -0.25) is 14.9 Å². The van der Waals surface area contributed by atoms with E-state index in [1.54, 1.807) is 26.4 Å². The molecule has 0 fully saturated rings. The molecule has 1 amide bonds. The molecule has 8 nitrogen and oxygen atoms in total. The number of aromatic nitrogens is 1. The monoisotopic (exact) mass is 457 g/mol. The highest BCUT2D eigenvalue weighted by molar-refractivity contribution is 7.21. The first-order chi connectivity index (χ1) is 14.9. The molecular weight excluding hydrogens is 438 g/mol. The molecule has 0 spiro atoms. The third-order valence-electron chi connectivity index (χ3n) is 4.75. The standard InChI is InChI=1S/C21H19N3O5S2/c1-4-7-23-14-10-15(28-2)16(29-3)11-18(14)31-21(23)22-20(25)19-9-12-8-13(24(26)27)5-6-17(12)30-19/h5-6,8-11H,4,7H2,1-3H3. The number of thiophene rings is 1. The molecule has 31 heavy (non-hydrogen) atoms. The van der Waals surface area contributed by atoms with Crippen molar-refractivity contribution in [2.24, 2.45) is 4.99 Å². The van der Waals surface area contributed by atoms with E-state index in [9.17, 15) is 14.9 Å². The van der Waals surface area contributed by atoms with Crippen LogP contribution in [0.5, 0.6) is 11.5 Å². The number of rotatable bonds is 6. The van der Waals surface area contributed by atoms with Crippen molar-refractivity contribution in [1.29, 1.82) is 0 Å². The summed E-state index contributed by atoms with van der Waals surface area (Å²) in [5.41, 5.74) is 0.914. The number of ether oxygens (including phenoxy) is 2. The van der Waals surface area contributed by atoms with Gasteiger partial charge in [0.25, 0.3) is 11.6 Å². The van der Waals surface area contributed by atoms with E-state index in [-0.39, 0.29) is 11.6 Å². The van der Waals surface area contributed by atoms with Crippen LogP contribution in [-0.2, 0) is 6.54 Å². The molecule has 2 aromatic carbocycles. The highest BCUT2D eigenvalue weighted by atomic mass is 32.1. The van der Waals surface area contributed by atoms with Crippen LogP contribution in [0, 0.1) is 10.1 Å². The van der Waals surface area contributed by atoms with Crippen LogP contribution >= 0.6 is 22.7 Å². The number of hydrogen-bond acceptors (Lipinski definition) is 7. The van der Waals surface area contributed by atoms with E-state index < -0.39 is 4.92 Å². The maximum Gasteiger partial charge on any atom is 0.289 e. The van der Waals surface area contributed by atoms with Crippen LogP contribution in [0.25, 0.3) is 20.3 Å². The number of aryl methyl sites for hydroxylation is 1. The van der Waals surface area contributed by atoms with Crippen molar-refractivity contribution in [1.82, 2.24) is 4.57 Å². The summed E-state index contributed by atoms with van der Waals surface area (Å²) in [5, 5.41) is 11.7. The number of hydrogen-bond donors (Lipinski definition) is 0. The fraction of sp³-hybridized carbons (Fsp3) is 0.238. The number of carbonyl (C=O) groups excluding carboxylic acids is 1. The van der Waals surface area contributed by atoms with Crippen molar-refractivity contribution in [2.45, 2.75) is 19.9 Å². The van der Waals surface area contributed by atoms with Gasteiger partial charge in [0.1, 0.15) is 0 Å². The Morgan fingerprint density at radius 2 is 1.84 bits per heavy atom. The number of fused-ring (bicyclic) bond motifs is 2. The average molecular weight is 458 g/mol. The molecule has 4 aromatic rings. The minimum absolute atomic E-state index is 0.00516. The second kappa shape index (κ2) is 8.48. The molecule has 10 heteroatoms. The highest BCUT2D eigenvalue weighted by Crippen LogP contribution is 2.34. The molecule has 4 rings (SSSR count). The lowest BCUT2D eigenvalue weighted by Gasteiger charge is -2.08. The molecule has 0 saturated carbocycles. The van der Waals surface area contributed by atoms with Gasteiger partial charge in [-0.25, -0.2) is 0 Å². The van der Waals surface area contributed by atoms with Crippen molar-refractivity contribution in [3.8, 4) is 11.5 Å². The minimum Gasteiger partial charge on any atom is -0.493 e. The zero-order chi connectivity index (χ0) is 22.1. The van der Waals surface area contributed by atoms with Crippen LogP contribution in [0.2, 0.25) is 0 Å². The van der Waals surface area contributed by atoms with Gasteiger partial charge in [0.05, 0.1) is 34.2 Å². The van der Waals surface area contributed by atoms with Crippen LogP contribution in [0.15, 0.2) is 41.4 Å². The molecule has 160 valence electrons. The maximum atomic E-state index is 12.9. The Kier molecular flexibility index (Phi) is 5.75. The molecule has 0 bridgehead atoms.